The number of hydrogen-bond acceptors (Lipinski definition) is 2. The molecule has 86 valence electrons. The van der Waals surface area contributed by atoms with Crippen molar-refractivity contribution in [3.05, 3.63) is 29.3 Å². The molecule has 0 unspecified atom stereocenters. The van der Waals surface area contributed by atoms with Crippen molar-refractivity contribution in [2.75, 3.05) is 18.0 Å². The molecular weight excluding hydrogens is 198 g/mol. The fourth-order valence-corrected chi connectivity index (χ4v) is 2.36. The topological polar surface area (TPSA) is 20.3 Å². The summed E-state index contributed by atoms with van der Waals surface area (Å²) < 4.78 is 0. The minimum absolute atomic E-state index is 0.240. The molecule has 0 aromatic heterocycles. The van der Waals surface area contributed by atoms with Crippen molar-refractivity contribution in [3.63, 3.8) is 0 Å². The fourth-order valence-electron chi connectivity index (χ4n) is 2.36. The Bertz CT molecular complexity index is 398. The van der Waals surface area contributed by atoms with Gasteiger partial charge in [0.25, 0.3) is 0 Å². The lowest BCUT2D eigenvalue weighted by Crippen LogP contribution is -2.29. The average molecular weight is 217 g/mol. The Morgan fingerprint density at radius 2 is 2.19 bits per heavy atom. The predicted octanol–water partition coefficient (Wildman–Crippen LogP) is 3.05. The van der Waals surface area contributed by atoms with E-state index in [0.717, 1.165) is 25.1 Å². The van der Waals surface area contributed by atoms with Crippen molar-refractivity contribution in [2.45, 2.75) is 33.1 Å². The van der Waals surface area contributed by atoms with Crippen LogP contribution >= 0.6 is 0 Å². The molecular formula is C14H19NO. The van der Waals surface area contributed by atoms with Crippen LogP contribution in [0.3, 0.4) is 0 Å². The molecule has 0 radical (unpaired) electrons. The molecule has 0 saturated heterocycles. The highest BCUT2D eigenvalue weighted by atomic mass is 16.1. The lowest BCUT2D eigenvalue weighted by atomic mass is 9.98. The lowest BCUT2D eigenvalue weighted by Gasteiger charge is -2.30. The summed E-state index contributed by atoms with van der Waals surface area (Å²) >= 11 is 0. The highest BCUT2D eigenvalue weighted by Crippen LogP contribution is 2.28. The van der Waals surface area contributed by atoms with E-state index in [4.69, 9.17) is 0 Å². The first kappa shape index (κ1) is 11.2. The van der Waals surface area contributed by atoms with Crippen LogP contribution in [0.1, 0.15) is 42.6 Å². The molecule has 2 nitrogen and oxygen atoms in total. The highest BCUT2D eigenvalue weighted by molar-refractivity contribution is 5.97. The Kier molecular flexibility index (Phi) is 3.28. The Labute approximate surface area is 97.3 Å². The van der Waals surface area contributed by atoms with Gasteiger partial charge in [0.2, 0.25) is 0 Å². The lowest BCUT2D eigenvalue weighted by molar-refractivity contribution is 0.0988. The van der Waals surface area contributed by atoms with Crippen molar-refractivity contribution >= 4 is 11.5 Å². The summed E-state index contributed by atoms with van der Waals surface area (Å²) in [6.07, 6.45) is 2.96. The molecule has 0 saturated carbocycles. The van der Waals surface area contributed by atoms with Crippen LogP contribution in [0.4, 0.5) is 5.69 Å². The number of ketones is 1. The Morgan fingerprint density at radius 3 is 2.88 bits per heavy atom. The molecule has 0 bridgehead atoms. The van der Waals surface area contributed by atoms with Crippen molar-refractivity contribution in [1.29, 1.82) is 0 Å². The van der Waals surface area contributed by atoms with Crippen molar-refractivity contribution < 1.29 is 4.79 Å². The number of nitrogens with zero attached hydrogens (tertiary/aromatic N) is 1. The Balaban J connectivity index is 2.38. The van der Waals surface area contributed by atoms with E-state index < -0.39 is 0 Å². The normalized spacial score (nSPS) is 14.8. The van der Waals surface area contributed by atoms with E-state index in [2.05, 4.69) is 24.0 Å². The van der Waals surface area contributed by atoms with Gasteiger partial charge in [-0.1, -0.05) is 19.1 Å². The van der Waals surface area contributed by atoms with Crippen molar-refractivity contribution in [3.8, 4) is 0 Å². The number of benzene rings is 1. The molecule has 0 fully saturated rings. The van der Waals surface area contributed by atoms with Gasteiger partial charge in [-0.3, -0.25) is 4.79 Å². The molecule has 16 heavy (non-hydrogen) atoms. The quantitative estimate of drug-likeness (QED) is 0.725. The zero-order valence-electron chi connectivity index (χ0n) is 10.1. The van der Waals surface area contributed by atoms with E-state index in [1.807, 2.05) is 13.0 Å². The second-order valence-electron chi connectivity index (χ2n) is 4.30. The van der Waals surface area contributed by atoms with Gasteiger partial charge in [-0.05, 0) is 31.4 Å². The molecule has 2 heteroatoms. The van der Waals surface area contributed by atoms with Crippen LogP contribution in [0.15, 0.2) is 18.2 Å². The predicted molar refractivity (Wildman–Crippen MR) is 67.3 cm³/mol. The number of hydrogen-bond donors (Lipinski definition) is 0. The minimum atomic E-state index is 0.240. The van der Waals surface area contributed by atoms with Gasteiger partial charge in [-0.25, -0.2) is 0 Å². The number of carbonyl (C=O) groups excluding carboxylic acids is 1. The Hall–Kier alpha value is -1.31. The van der Waals surface area contributed by atoms with Gasteiger partial charge >= 0.3 is 0 Å². The third-order valence-electron chi connectivity index (χ3n) is 3.32. The van der Waals surface area contributed by atoms with Gasteiger partial charge < -0.3 is 4.90 Å². The van der Waals surface area contributed by atoms with Crippen molar-refractivity contribution in [2.24, 2.45) is 0 Å². The van der Waals surface area contributed by atoms with E-state index in [1.165, 1.54) is 17.7 Å². The van der Waals surface area contributed by atoms with Crippen molar-refractivity contribution in [1.82, 2.24) is 0 Å². The molecule has 0 spiro atoms. The standard InChI is InChI=1S/C14H19NO/c1-3-14(16)12-8-7-11-6-5-9-15(4-2)13(11)10-12/h7-8,10H,3-6,9H2,1-2H3. The number of carbonyl (C=O) groups is 1. The van der Waals surface area contributed by atoms with Crippen LogP contribution in [0.25, 0.3) is 0 Å². The molecule has 2 rings (SSSR count). The molecule has 1 aromatic carbocycles. The highest BCUT2D eigenvalue weighted by Gasteiger charge is 2.16. The molecule has 1 aliphatic heterocycles. The maximum Gasteiger partial charge on any atom is 0.162 e. The molecule has 1 aromatic rings. The fraction of sp³-hybridized carbons (Fsp3) is 0.500. The second kappa shape index (κ2) is 4.69. The van der Waals surface area contributed by atoms with Crippen LogP contribution in [-0.2, 0) is 6.42 Å². The maximum atomic E-state index is 11.7. The van der Waals surface area contributed by atoms with Gasteiger partial charge in [0.05, 0.1) is 0 Å². The summed E-state index contributed by atoms with van der Waals surface area (Å²) in [5, 5.41) is 0. The van der Waals surface area contributed by atoms with E-state index in [1.54, 1.807) is 0 Å². The van der Waals surface area contributed by atoms with Crippen LogP contribution in [0.5, 0.6) is 0 Å². The van der Waals surface area contributed by atoms with Crippen LogP contribution in [-0.4, -0.2) is 18.9 Å². The number of anilines is 1. The smallest absolute Gasteiger partial charge is 0.162 e. The van der Waals surface area contributed by atoms with Gasteiger partial charge in [-0.15, -0.1) is 0 Å². The van der Waals surface area contributed by atoms with Crippen LogP contribution in [0.2, 0.25) is 0 Å². The first-order chi connectivity index (χ1) is 7.76. The monoisotopic (exact) mass is 217 g/mol. The molecule has 0 aliphatic carbocycles. The summed E-state index contributed by atoms with van der Waals surface area (Å²) in [7, 11) is 0. The molecule has 0 atom stereocenters. The summed E-state index contributed by atoms with van der Waals surface area (Å²) in [5.74, 6) is 0.240. The number of fused-ring (bicyclic) bond motifs is 1. The number of rotatable bonds is 3. The molecule has 0 amide bonds. The Morgan fingerprint density at radius 1 is 1.38 bits per heavy atom. The molecule has 1 heterocycles. The van der Waals surface area contributed by atoms with E-state index in [0.29, 0.717) is 6.42 Å². The van der Waals surface area contributed by atoms with Gasteiger partial charge in [0, 0.05) is 30.8 Å². The van der Waals surface area contributed by atoms with Gasteiger partial charge in [-0.2, -0.15) is 0 Å². The second-order valence-corrected chi connectivity index (χ2v) is 4.30. The SMILES string of the molecule is CCC(=O)c1ccc2c(c1)N(CC)CCC2. The van der Waals surface area contributed by atoms with E-state index in [9.17, 15) is 4.79 Å². The third kappa shape index (κ3) is 1.97. The minimum Gasteiger partial charge on any atom is -0.372 e. The number of aryl methyl sites for hydroxylation is 1. The summed E-state index contributed by atoms with van der Waals surface area (Å²) in [4.78, 5) is 14.0. The van der Waals surface area contributed by atoms with E-state index >= 15 is 0 Å². The zero-order valence-corrected chi connectivity index (χ0v) is 10.1. The van der Waals surface area contributed by atoms with E-state index in [-0.39, 0.29) is 5.78 Å². The molecule has 1 aliphatic rings. The number of Topliss-reactive ketones (excluding diaryl/α,β-unsaturated/α-hetero) is 1. The van der Waals surface area contributed by atoms with Gasteiger partial charge in [0.15, 0.2) is 5.78 Å². The summed E-state index contributed by atoms with van der Waals surface area (Å²) in [5.41, 5.74) is 3.52. The summed E-state index contributed by atoms with van der Waals surface area (Å²) in [6, 6.07) is 6.17. The largest absolute Gasteiger partial charge is 0.372 e. The first-order valence-corrected chi connectivity index (χ1v) is 6.17. The summed E-state index contributed by atoms with van der Waals surface area (Å²) in [6.45, 7) is 6.23. The zero-order chi connectivity index (χ0) is 11.5. The van der Waals surface area contributed by atoms with Crippen LogP contribution in [0, 0.1) is 0 Å². The molecule has 0 N–H and O–H groups in total. The van der Waals surface area contributed by atoms with Crippen LogP contribution < -0.4 is 4.90 Å². The first-order valence-electron chi connectivity index (χ1n) is 6.17. The third-order valence-corrected chi connectivity index (χ3v) is 3.32. The van der Waals surface area contributed by atoms with Gasteiger partial charge in [0.1, 0.15) is 0 Å². The maximum absolute atomic E-state index is 11.7. The average Bonchev–Trinajstić information content (AvgIpc) is 2.36.